The van der Waals surface area contributed by atoms with Gasteiger partial charge in [-0.1, -0.05) is 12.1 Å². The van der Waals surface area contributed by atoms with Crippen molar-refractivity contribution >= 4 is 22.6 Å². The third-order valence-corrected chi connectivity index (χ3v) is 4.14. The molecule has 0 aromatic heterocycles. The summed E-state index contributed by atoms with van der Waals surface area (Å²) >= 11 is 2.32. The molecule has 4 heteroatoms. The lowest BCUT2D eigenvalue weighted by Crippen LogP contribution is -2.47. The molecule has 2 rings (SSSR count). The van der Waals surface area contributed by atoms with Gasteiger partial charge in [0.1, 0.15) is 0 Å². The second kappa shape index (κ2) is 6.84. The van der Waals surface area contributed by atoms with E-state index in [1.165, 1.54) is 22.0 Å². The van der Waals surface area contributed by atoms with Crippen molar-refractivity contribution in [2.45, 2.75) is 38.3 Å². The van der Waals surface area contributed by atoms with Crippen molar-refractivity contribution in [3.8, 4) is 0 Å². The highest BCUT2D eigenvalue weighted by Gasteiger charge is 2.36. The molecule has 2 unspecified atom stereocenters. The smallest absolute Gasteiger partial charge is 0.0772 e. The van der Waals surface area contributed by atoms with Crippen LogP contribution in [-0.4, -0.2) is 18.8 Å². The van der Waals surface area contributed by atoms with Gasteiger partial charge in [0.2, 0.25) is 0 Å². The van der Waals surface area contributed by atoms with E-state index in [2.05, 4.69) is 52.3 Å². The first-order valence-corrected chi connectivity index (χ1v) is 7.64. The highest BCUT2D eigenvalue weighted by molar-refractivity contribution is 14.1. The maximum atomic E-state index is 5.87. The molecule has 0 amide bonds. The number of benzene rings is 1. The summed E-state index contributed by atoms with van der Waals surface area (Å²) in [6.07, 6.45) is 3.72. The molecule has 100 valence electrons. The van der Waals surface area contributed by atoms with Crippen LogP contribution in [0.15, 0.2) is 24.3 Å². The molecule has 0 spiro atoms. The van der Waals surface area contributed by atoms with Crippen LogP contribution < -0.4 is 11.3 Å². The van der Waals surface area contributed by atoms with Gasteiger partial charge in [-0.3, -0.25) is 11.3 Å². The van der Waals surface area contributed by atoms with Crippen LogP contribution in [0.25, 0.3) is 0 Å². The molecule has 1 aliphatic carbocycles. The fraction of sp³-hybridized carbons (Fsp3) is 0.571. The Morgan fingerprint density at radius 2 is 2.06 bits per heavy atom. The van der Waals surface area contributed by atoms with Crippen molar-refractivity contribution in [3.63, 3.8) is 0 Å². The van der Waals surface area contributed by atoms with Crippen LogP contribution >= 0.6 is 22.6 Å². The molecule has 0 aliphatic heterocycles. The second-order valence-corrected chi connectivity index (χ2v) is 6.11. The van der Waals surface area contributed by atoms with E-state index >= 15 is 0 Å². The molecule has 18 heavy (non-hydrogen) atoms. The van der Waals surface area contributed by atoms with E-state index in [1.54, 1.807) is 0 Å². The summed E-state index contributed by atoms with van der Waals surface area (Å²) in [6, 6.07) is 8.81. The Kier molecular flexibility index (Phi) is 5.41. The van der Waals surface area contributed by atoms with E-state index in [1.807, 2.05) is 6.92 Å². The summed E-state index contributed by atoms with van der Waals surface area (Å²) in [5.41, 5.74) is 4.25. The second-order valence-electron chi connectivity index (χ2n) is 4.86. The topological polar surface area (TPSA) is 47.3 Å². The van der Waals surface area contributed by atoms with Crippen LogP contribution in [0.1, 0.15) is 25.3 Å². The van der Waals surface area contributed by atoms with Gasteiger partial charge in [0.15, 0.2) is 0 Å². The Morgan fingerprint density at radius 1 is 1.39 bits per heavy atom. The molecule has 3 nitrogen and oxygen atoms in total. The van der Waals surface area contributed by atoms with Crippen LogP contribution in [0, 0.1) is 9.49 Å². The SMILES string of the molecule is CCOC(C1CC1)C(Cc1ccc(I)cc1)NN. The molecular formula is C14H21IN2O. The number of nitrogens with two attached hydrogens (primary N) is 1. The number of hydrogen-bond acceptors (Lipinski definition) is 3. The van der Waals surface area contributed by atoms with E-state index < -0.39 is 0 Å². The highest BCUT2D eigenvalue weighted by atomic mass is 127. The van der Waals surface area contributed by atoms with E-state index in [9.17, 15) is 0 Å². The van der Waals surface area contributed by atoms with Gasteiger partial charge in [0.05, 0.1) is 12.1 Å². The molecule has 1 saturated carbocycles. The zero-order chi connectivity index (χ0) is 13.0. The normalized spacial score (nSPS) is 18.6. The van der Waals surface area contributed by atoms with Gasteiger partial charge in [-0.15, -0.1) is 0 Å². The predicted molar refractivity (Wildman–Crippen MR) is 82.1 cm³/mol. The van der Waals surface area contributed by atoms with Crippen molar-refractivity contribution < 1.29 is 4.74 Å². The van der Waals surface area contributed by atoms with Gasteiger partial charge in [0, 0.05) is 10.2 Å². The van der Waals surface area contributed by atoms with E-state index in [0.29, 0.717) is 5.92 Å². The van der Waals surface area contributed by atoms with Crippen molar-refractivity contribution in [2.75, 3.05) is 6.61 Å². The first-order valence-electron chi connectivity index (χ1n) is 6.56. The highest BCUT2D eigenvalue weighted by Crippen LogP contribution is 2.36. The third kappa shape index (κ3) is 3.91. The molecule has 0 heterocycles. The number of ether oxygens (including phenoxy) is 1. The lowest BCUT2D eigenvalue weighted by Gasteiger charge is -2.26. The average molecular weight is 360 g/mol. The Balaban J connectivity index is 2.00. The standard InChI is InChI=1S/C14H21IN2O/c1-2-18-14(11-5-6-11)13(17-16)9-10-3-7-12(15)8-4-10/h3-4,7-8,11,13-14,17H,2,5-6,9,16H2,1H3. The van der Waals surface area contributed by atoms with Gasteiger partial charge in [-0.2, -0.15) is 0 Å². The monoisotopic (exact) mass is 360 g/mol. The first kappa shape index (κ1) is 14.2. The molecule has 1 aliphatic rings. The molecule has 0 radical (unpaired) electrons. The van der Waals surface area contributed by atoms with E-state index in [4.69, 9.17) is 10.6 Å². The zero-order valence-electron chi connectivity index (χ0n) is 10.7. The van der Waals surface area contributed by atoms with Crippen LogP contribution in [0.3, 0.4) is 0 Å². The Hall–Kier alpha value is -0.170. The zero-order valence-corrected chi connectivity index (χ0v) is 12.9. The van der Waals surface area contributed by atoms with Gasteiger partial charge in [-0.25, -0.2) is 0 Å². The quantitative estimate of drug-likeness (QED) is 0.446. The molecular weight excluding hydrogens is 339 g/mol. The third-order valence-electron chi connectivity index (χ3n) is 3.43. The first-order chi connectivity index (χ1) is 8.74. The van der Waals surface area contributed by atoms with Crippen molar-refractivity contribution in [2.24, 2.45) is 11.8 Å². The van der Waals surface area contributed by atoms with Gasteiger partial charge in [0.25, 0.3) is 0 Å². The maximum absolute atomic E-state index is 5.87. The van der Waals surface area contributed by atoms with Gasteiger partial charge in [-0.05, 0) is 72.4 Å². The molecule has 2 atom stereocenters. The Morgan fingerprint density at radius 3 is 2.56 bits per heavy atom. The van der Waals surface area contributed by atoms with Gasteiger partial charge >= 0.3 is 0 Å². The number of hydrazine groups is 1. The van der Waals surface area contributed by atoms with E-state index in [-0.39, 0.29) is 12.1 Å². The summed E-state index contributed by atoms with van der Waals surface area (Å²) in [5, 5.41) is 0. The summed E-state index contributed by atoms with van der Waals surface area (Å²) < 4.78 is 7.13. The number of rotatable bonds is 7. The van der Waals surface area contributed by atoms with E-state index in [0.717, 1.165) is 13.0 Å². The molecule has 0 bridgehead atoms. The summed E-state index contributed by atoms with van der Waals surface area (Å²) in [6.45, 7) is 2.81. The largest absolute Gasteiger partial charge is 0.377 e. The minimum Gasteiger partial charge on any atom is -0.377 e. The van der Waals surface area contributed by atoms with Crippen molar-refractivity contribution in [1.29, 1.82) is 0 Å². The summed E-state index contributed by atoms with van der Waals surface area (Å²) in [7, 11) is 0. The minimum atomic E-state index is 0.206. The van der Waals surface area contributed by atoms with Crippen LogP contribution in [0.4, 0.5) is 0 Å². The Labute approximate surface area is 123 Å². The fourth-order valence-corrected chi connectivity index (χ4v) is 2.70. The summed E-state index contributed by atoms with van der Waals surface area (Å²) in [5.74, 6) is 6.41. The fourth-order valence-electron chi connectivity index (χ4n) is 2.34. The summed E-state index contributed by atoms with van der Waals surface area (Å²) in [4.78, 5) is 0. The molecule has 1 aromatic carbocycles. The molecule has 3 N–H and O–H groups in total. The number of halogens is 1. The Bertz CT molecular complexity index is 365. The lowest BCUT2D eigenvalue weighted by molar-refractivity contribution is 0.0192. The van der Waals surface area contributed by atoms with Gasteiger partial charge < -0.3 is 4.74 Å². The predicted octanol–water partition coefficient (Wildman–Crippen LogP) is 2.48. The number of nitrogens with one attached hydrogen (secondary N) is 1. The number of hydrogen-bond donors (Lipinski definition) is 2. The molecule has 1 fully saturated rings. The maximum Gasteiger partial charge on any atom is 0.0772 e. The van der Waals surface area contributed by atoms with Crippen molar-refractivity contribution in [1.82, 2.24) is 5.43 Å². The minimum absolute atomic E-state index is 0.206. The molecule has 0 saturated heterocycles. The molecule has 1 aromatic rings. The van der Waals surface area contributed by atoms with Crippen LogP contribution in [0.5, 0.6) is 0 Å². The lowest BCUT2D eigenvalue weighted by atomic mass is 9.99. The van der Waals surface area contributed by atoms with Crippen LogP contribution in [0.2, 0.25) is 0 Å². The average Bonchev–Trinajstić information content (AvgIpc) is 3.20. The van der Waals surface area contributed by atoms with Crippen LogP contribution in [-0.2, 0) is 11.2 Å². The van der Waals surface area contributed by atoms with Crippen molar-refractivity contribution in [3.05, 3.63) is 33.4 Å².